The topological polar surface area (TPSA) is 67.2 Å². The highest BCUT2D eigenvalue weighted by atomic mass is 35.5. The van der Waals surface area contributed by atoms with Crippen LogP contribution in [0.15, 0.2) is 30.3 Å². The van der Waals surface area contributed by atoms with E-state index in [0.717, 1.165) is 22.9 Å². The van der Waals surface area contributed by atoms with Gasteiger partial charge in [0, 0.05) is 24.8 Å². The van der Waals surface area contributed by atoms with Gasteiger partial charge in [-0.2, -0.15) is 5.10 Å². The fourth-order valence-electron chi connectivity index (χ4n) is 4.20. The van der Waals surface area contributed by atoms with Crippen LogP contribution in [-0.4, -0.2) is 60.2 Å². The summed E-state index contributed by atoms with van der Waals surface area (Å²) in [6.45, 7) is -0.0292. The molecule has 2 aromatic heterocycles. The summed E-state index contributed by atoms with van der Waals surface area (Å²) in [6.07, 6.45) is -0.961. The van der Waals surface area contributed by atoms with Crippen LogP contribution in [0.1, 0.15) is 46.9 Å². The van der Waals surface area contributed by atoms with E-state index in [9.17, 15) is 27.2 Å². The number of nitrogens with zero attached hydrogens (tertiary/aromatic N) is 4. The third-order valence-electron chi connectivity index (χ3n) is 6.15. The molecule has 3 heterocycles. The van der Waals surface area contributed by atoms with Gasteiger partial charge in [0.1, 0.15) is 12.2 Å². The standard InChI is InChI=1S/C23H20ClF3N4O3.CH3F/c1-34-18-5-4-14(10-15(18)25)30-7-6-29(11-19(30)32)23(33)21-20(24)16-8-13(12-2-3-12)9-17(22(26)27)31(16)28-21;1-2/h4-5,8-10,12,22H,2-3,6-7,11H2,1H3;1H3. The molecule has 2 aliphatic rings. The number of ether oxygens (including phenoxy) is 1. The molecule has 0 spiro atoms. The minimum absolute atomic E-state index is 0.0264. The fourth-order valence-corrected chi connectivity index (χ4v) is 4.46. The first-order valence-corrected chi connectivity index (χ1v) is 11.5. The van der Waals surface area contributed by atoms with Crippen molar-refractivity contribution >= 4 is 34.6 Å². The van der Waals surface area contributed by atoms with Gasteiger partial charge in [-0.05, 0) is 48.6 Å². The zero-order chi connectivity index (χ0) is 26.1. The number of aromatic nitrogens is 2. The number of alkyl halides is 3. The largest absolute Gasteiger partial charge is 0.494 e. The number of methoxy groups -OCH3 is 1. The van der Waals surface area contributed by atoms with Crippen LogP contribution in [0.5, 0.6) is 5.75 Å². The Bertz CT molecular complexity index is 1310. The summed E-state index contributed by atoms with van der Waals surface area (Å²) in [6, 6.07) is 7.26. The average molecular weight is 527 g/mol. The molecule has 0 atom stereocenters. The smallest absolute Gasteiger partial charge is 0.280 e. The van der Waals surface area contributed by atoms with Crippen molar-refractivity contribution in [2.45, 2.75) is 25.2 Å². The van der Waals surface area contributed by atoms with Crippen LogP contribution in [0.2, 0.25) is 5.02 Å². The number of amides is 2. The Morgan fingerprint density at radius 3 is 2.47 bits per heavy atom. The Morgan fingerprint density at radius 1 is 1.17 bits per heavy atom. The number of carbonyl (C=O) groups is 2. The second-order valence-electron chi connectivity index (χ2n) is 8.34. The first kappa shape index (κ1) is 25.7. The van der Waals surface area contributed by atoms with Gasteiger partial charge in [-0.1, -0.05) is 11.6 Å². The average Bonchev–Trinajstić information content (AvgIpc) is 3.68. The van der Waals surface area contributed by atoms with Gasteiger partial charge in [0.25, 0.3) is 12.3 Å². The van der Waals surface area contributed by atoms with Crippen LogP contribution in [-0.2, 0) is 4.79 Å². The highest BCUT2D eigenvalue weighted by molar-refractivity contribution is 6.36. The van der Waals surface area contributed by atoms with Crippen molar-refractivity contribution in [2.24, 2.45) is 0 Å². The number of benzene rings is 1. The van der Waals surface area contributed by atoms with Crippen molar-refractivity contribution in [2.75, 3.05) is 38.8 Å². The van der Waals surface area contributed by atoms with Crippen LogP contribution in [0.3, 0.4) is 0 Å². The van der Waals surface area contributed by atoms with Crippen LogP contribution in [0, 0.1) is 5.82 Å². The molecule has 192 valence electrons. The molecule has 0 radical (unpaired) electrons. The molecule has 1 aromatic carbocycles. The van der Waals surface area contributed by atoms with Crippen molar-refractivity contribution in [1.82, 2.24) is 14.5 Å². The van der Waals surface area contributed by atoms with E-state index in [1.807, 2.05) is 0 Å². The summed E-state index contributed by atoms with van der Waals surface area (Å²) in [5.74, 6) is -1.40. The molecule has 2 fully saturated rings. The summed E-state index contributed by atoms with van der Waals surface area (Å²) in [5, 5.41) is 4.06. The van der Waals surface area contributed by atoms with Gasteiger partial charge in [0.15, 0.2) is 17.3 Å². The Balaban J connectivity index is 0.00000148. The molecule has 1 aliphatic carbocycles. The van der Waals surface area contributed by atoms with Gasteiger partial charge in [0.05, 0.1) is 24.8 Å². The number of hydrogen-bond acceptors (Lipinski definition) is 4. The number of pyridine rings is 1. The summed E-state index contributed by atoms with van der Waals surface area (Å²) >= 11 is 6.43. The zero-order valence-electron chi connectivity index (χ0n) is 19.5. The van der Waals surface area contributed by atoms with Crippen molar-refractivity contribution in [3.63, 3.8) is 0 Å². The van der Waals surface area contributed by atoms with Crippen LogP contribution in [0.25, 0.3) is 5.52 Å². The number of rotatable bonds is 5. The number of fused-ring (bicyclic) bond motifs is 1. The van der Waals surface area contributed by atoms with E-state index in [1.54, 1.807) is 12.1 Å². The highest BCUT2D eigenvalue weighted by Crippen LogP contribution is 2.42. The van der Waals surface area contributed by atoms with Crippen molar-refractivity contribution in [3.8, 4) is 5.75 Å². The predicted octanol–water partition coefficient (Wildman–Crippen LogP) is 5.03. The summed E-state index contributed by atoms with van der Waals surface area (Å²) in [5.41, 5.74) is 0.814. The van der Waals surface area contributed by atoms with E-state index in [2.05, 4.69) is 5.10 Å². The van der Waals surface area contributed by atoms with E-state index in [-0.39, 0.29) is 53.2 Å². The Kier molecular flexibility index (Phi) is 7.39. The van der Waals surface area contributed by atoms with E-state index < -0.39 is 24.1 Å². The number of halogens is 5. The lowest BCUT2D eigenvalue weighted by Crippen LogP contribution is -2.52. The normalized spacial score (nSPS) is 15.8. The number of piperazine rings is 1. The van der Waals surface area contributed by atoms with Gasteiger partial charge in [-0.15, -0.1) is 0 Å². The summed E-state index contributed by atoms with van der Waals surface area (Å²) < 4.78 is 56.9. The molecule has 0 N–H and O–H groups in total. The minimum atomic E-state index is -2.80. The zero-order valence-corrected chi connectivity index (χ0v) is 20.2. The summed E-state index contributed by atoms with van der Waals surface area (Å²) in [7, 11) is 1.84. The monoisotopic (exact) mass is 526 g/mol. The Labute approximate surface area is 209 Å². The second-order valence-corrected chi connectivity index (χ2v) is 8.72. The Morgan fingerprint density at radius 2 is 1.89 bits per heavy atom. The number of hydrogen-bond donors (Lipinski definition) is 0. The van der Waals surface area contributed by atoms with Gasteiger partial charge < -0.3 is 14.5 Å². The molecule has 1 saturated carbocycles. The molecule has 1 saturated heterocycles. The third-order valence-corrected chi connectivity index (χ3v) is 6.53. The molecule has 0 bridgehead atoms. The lowest BCUT2D eigenvalue weighted by molar-refractivity contribution is -0.120. The quantitative estimate of drug-likeness (QED) is 0.438. The lowest BCUT2D eigenvalue weighted by Gasteiger charge is -2.34. The third kappa shape index (κ3) is 4.71. The van der Waals surface area contributed by atoms with Gasteiger partial charge >= 0.3 is 0 Å². The van der Waals surface area contributed by atoms with E-state index in [0.29, 0.717) is 12.9 Å². The van der Waals surface area contributed by atoms with Gasteiger partial charge in [-0.25, -0.2) is 17.7 Å². The maximum Gasteiger partial charge on any atom is 0.280 e. The van der Waals surface area contributed by atoms with E-state index in [1.165, 1.54) is 35.1 Å². The summed E-state index contributed by atoms with van der Waals surface area (Å²) in [4.78, 5) is 28.5. The first-order valence-electron chi connectivity index (χ1n) is 11.1. The molecular formula is C24H23ClF4N4O3. The molecule has 5 rings (SSSR count). The second kappa shape index (κ2) is 10.3. The van der Waals surface area contributed by atoms with Gasteiger partial charge in [-0.3, -0.25) is 14.0 Å². The molecule has 1 aliphatic heterocycles. The fraction of sp³-hybridized carbons (Fsp3) is 0.375. The van der Waals surface area contributed by atoms with Crippen molar-refractivity contribution < 1.29 is 31.9 Å². The number of carbonyl (C=O) groups excluding carboxylic acids is 2. The van der Waals surface area contributed by atoms with E-state index >= 15 is 0 Å². The molecule has 7 nitrogen and oxygen atoms in total. The minimum Gasteiger partial charge on any atom is -0.494 e. The highest BCUT2D eigenvalue weighted by Gasteiger charge is 2.33. The molecule has 36 heavy (non-hydrogen) atoms. The van der Waals surface area contributed by atoms with Crippen LogP contribution < -0.4 is 9.64 Å². The molecular weight excluding hydrogens is 504 g/mol. The van der Waals surface area contributed by atoms with Crippen LogP contribution >= 0.6 is 11.6 Å². The van der Waals surface area contributed by atoms with Crippen molar-refractivity contribution in [3.05, 3.63) is 58.1 Å². The SMILES string of the molecule is CF.COc1ccc(N2CCN(C(=O)c3nn4c(C(F)F)cc(C5CC5)cc4c3Cl)CC2=O)cc1F. The van der Waals surface area contributed by atoms with Gasteiger partial charge in [0.2, 0.25) is 5.91 Å². The lowest BCUT2D eigenvalue weighted by atomic mass is 10.1. The molecule has 3 aromatic rings. The molecule has 2 amide bonds. The number of anilines is 1. The molecule has 12 heteroatoms. The molecule has 0 unspecified atom stereocenters. The predicted molar refractivity (Wildman–Crippen MR) is 125 cm³/mol. The van der Waals surface area contributed by atoms with E-state index in [4.69, 9.17) is 16.3 Å². The van der Waals surface area contributed by atoms with Crippen LogP contribution in [0.4, 0.5) is 23.2 Å². The first-order chi connectivity index (χ1) is 17.3. The maximum atomic E-state index is 14.1. The maximum absolute atomic E-state index is 14.1. The Hall–Kier alpha value is -3.34. The van der Waals surface area contributed by atoms with Crippen molar-refractivity contribution in [1.29, 1.82) is 0 Å².